The van der Waals surface area contributed by atoms with Crippen LogP contribution in [0.25, 0.3) is 21.9 Å². The fraction of sp³-hybridized carbons (Fsp3) is 0.0417. The lowest BCUT2D eigenvalue weighted by molar-refractivity contribution is 0.0602. The van der Waals surface area contributed by atoms with Crippen LogP contribution in [0.5, 0.6) is 0 Å². The number of carbonyl (C=O) groups excluding carboxylic acids is 2. The highest BCUT2D eigenvalue weighted by Crippen LogP contribution is 2.28. The van der Waals surface area contributed by atoms with E-state index < -0.39 is 5.97 Å². The smallest absolute Gasteiger partial charge is 0.340 e. The normalized spacial score (nSPS) is 10.6. The summed E-state index contributed by atoms with van der Waals surface area (Å²) >= 11 is 5.98. The number of carbonyl (C=O) groups is 2. The molecule has 1 N–H and O–H groups in total. The number of pyridine rings is 1. The summed E-state index contributed by atoms with van der Waals surface area (Å²) in [5.41, 5.74) is 2.77. The second-order valence-electron chi connectivity index (χ2n) is 6.62. The van der Waals surface area contributed by atoms with Gasteiger partial charge in [-0.15, -0.1) is 0 Å². The van der Waals surface area contributed by atoms with Gasteiger partial charge in [-0.2, -0.15) is 0 Å². The minimum Gasteiger partial charge on any atom is -0.465 e. The van der Waals surface area contributed by atoms with Crippen molar-refractivity contribution in [3.63, 3.8) is 0 Å². The number of ether oxygens (including phenoxy) is 1. The Morgan fingerprint density at radius 2 is 1.80 bits per heavy atom. The number of hydrogen-bond donors (Lipinski definition) is 1. The number of methoxy groups -OCH3 is 1. The van der Waals surface area contributed by atoms with Crippen molar-refractivity contribution < 1.29 is 14.3 Å². The monoisotopic (exact) mass is 416 g/mol. The summed E-state index contributed by atoms with van der Waals surface area (Å²) in [6.45, 7) is 0. The number of esters is 1. The highest BCUT2D eigenvalue weighted by atomic mass is 35.5. The van der Waals surface area contributed by atoms with Crippen molar-refractivity contribution in [2.24, 2.45) is 0 Å². The number of nitrogens with zero attached hydrogens (tertiary/aromatic N) is 1. The van der Waals surface area contributed by atoms with Crippen LogP contribution >= 0.6 is 11.6 Å². The number of nitrogens with one attached hydrogen (secondary N) is 1. The van der Waals surface area contributed by atoms with Gasteiger partial charge in [-0.3, -0.25) is 9.78 Å². The number of hydrogen-bond acceptors (Lipinski definition) is 4. The van der Waals surface area contributed by atoms with Gasteiger partial charge in [0.05, 0.1) is 18.4 Å². The predicted molar refractivity (Wildman–Crippen MR) is 118 cm³/mol. The van der Waals surface area contributed by atoms with Gasteiger partial charge < -0.3 is 10.1 Å². The lowest BCUT2D eigenvalue weighted by Gasteiger charge is -2.11. The first-order valence-electron chi connectivity index (χ1n) is 9.19. The molecule has 0 bridgehead atoms. The quantitative estimate of drug-likeness (QED) is 0.440. The number of anilines is 1. The molecule has 0 saturated carbocycles. The zero-order chi connectivity index (χ0) is 21.1. The van der Waals surface area contributed by atoms with Gasteiger partial charge >= 0.3 is 5.97 Å². The highest BCUT2D eigenvalue weighted by Gasteiger charge is 2.16. The molecule has 0 aliphatic rings. The van der Waals surface area contributed by atoms with Crippen molar-refractivity contribution in [3.05, 3.63) is 95.3 Å². The molecule has 0 spiro atoms. The molecule has 3 aromatic carbocycles. The maximum atomic E-state index is 12.9. The van der Waals surface area contributed by atoms with Crippen LogP contribution in [0.2, 0.25) is 5.02 Å². The molecule has 0 aliphatic carbocycles. The Morgan fingerprint density at radius 1 is 0.967 bits per heavy atom. The molecule has 4 rings (SSSR count). The van der Waals surface area contributed by atoms with E-state index in [9.17, 15) is 9.59 Å². The first-order chi connectivity index (χ1) is 14.6. The summed E-state index contributed by atoms with van der Waals surface area (Å²) in [6.07, 6.45) is 3.60. The molecule has 148 valence electrons. The fourth-order valence-electron chi connectivity index (χ4n) is 3.27. The molecule has 1 amide bonds. The van der Waals surface area contributed by atoms with E-state index in [1.807, 2.05) is 42.6 Å². The molecule has 30 heavy (non-hydrogen) atoms. The average Bonchev–Trinajstić information content (AvgIpc) is 2.79. The molecule has 0 radical (unpaired) electrons. The van der Waals surface area contributed by atoms with Crippen LogP contribution in [0.4, 0.5) is 5.69 Å². The molecule has 1 heterocycles. The van der Waals surface area contributed by atoms with E-state index in [-0.39, 0.29) is 11.5 Å². The number of rotatable bonds is 4. The number of fused-ring (bicyclic) bond motifs is 1. The van der Waals surface area contributed by atoms with E-state index in [4.69, 9.17) is 16.3 Å². The van der Waals surface area contributed by atoms with Crippen LogP contribution in [-0.2, 0) is 4.74 Å². The van der Waals surface area contributed by atoms with E-state index in [0.29, 0.717) is 16.3 Å². The topological polar surface area (TPSA) is 68.3 Å². The van der Waals surface area contributed by atoms with Crippen molar-refractivity contribution >= 4 is 39.9 Å². The van der Waals surface area contributed by atoms with Gasteiger partial charge in [0.15, 0.2) is 0 Å². The third-order valence-corrected chi connectivity index (χ3v) is 4.97. The largest absolute Gasteiger partial charge is 0.465 e. The van der Waals surface area contributed by atoms with E-state index in [1.165, 1.54) is 13.2 Å². The molecule has 5 nitrogen and oxygen atoms in total. The molecular formula is C24H17ClN2O3. The number of benzene rings is 3. The lowest BCUT2D eigenvalue weighted by Crippen LogP contribution is -2.15. The van der Waals surface area contributed by atoms with Crippen molar-refractivity contribution in [1.29, 1.82) is 0 Å². The van der Waals surface area contributed by atoms with E-state index in [0.717, 1.165) is 21.9 Å². The van der Waals surface area contributed by atoms with E-state index in [2.05, 4.69) is 10.3 Å². The molecule has 0 fully saturated rings. The Bertz CT molecular complexity index is 1270. The average molecular weight is 417 g/mol. The van der Waals surface area contributed by atoms with Crippen LogP contribution in [-0.4, -0.2) is 24.0 Å². The summed E-state index contributed by atoms with van der Waals surface area (Å²) in [6, 6.07) is 19.8. The van der Waals surface area contributed by atoms with Gasteiger partial charge in [0.2, 0.25) is 0 Å². The van der Waals surface area contributed by atoms with Crippen molar-refractivity contribution in [3.8, 4) is 11.1 Å². The minimum absolute atomic E-state index is 0.188. The summed E-state index contributed by atoms with van der Waals surface area (Å²) in [5.74, 6) is -0.930. The molecule has 0 atom stereocenters. The standard InChI is InChI=1S/C24H17ClN2O3/c1-30-24(29)20-12-18(25)9-10-22(20)27-23(28)16-7-4-6-15(11-16)21-14-26-13-17-5-2-3-8-19(17)21/h2-14H,1H3,(H,27,28). The van der Waals surface area contributed by atoms with Crippen molar-refractivity contribution in [2.45, 2.75) is 0 Å². The molecule has 0 unspecified atom stereocenters. The number of halogens is 1. The van der Waals surface area contributed by atoms with Crippen LogP contribution in [0.1, 0.15) is 20.7 Å². The Morgan fingerprint density at radius 3 is 2.63 bits per heavy atom. The van der Waals surface area contributed by atoms with Gasteiger partial charge in [0, 0.05) is 33.9 Å². The second-order valence-corrected chi connectivity index (χ2v) is 7.06. The molecule has 0 saturated heterocycles. The first-order valence-corrected chi connectivity index (χ1v) is 9.57. The third-order valence-electron chi connectivity index (χ3n) is 4.74. The summed E-state index contributed by atoms with van der Waals surface area (Å²) in [4.78, 5) is 29.2. The van der Waals surface area contributed by atoms with Gasteiger partial charge in [0.25, 0.3) is 5.91 Å². The highest BCUT2D eigenvalue weighted by molar-refractivity contribution is 6.31. The molecule has 4 aromatic rings. The summed E-state index contributed by atoms with van der Waals surface area (Å²) in [5, 5.41) is 5.22. The van der Waals surface area contributed by atoms with Crippen LogP contribution in [0.15, 0.2) is 79.1 Å². The Balaban J connectivity index is 1.68. The van der Waals surface area contributed by atoms with Gasteiger partial charge in [-0.25, -0.2) is 4.79 Å². The maximum absolute atomic E-state index is 12.9. The number of amides is 1. The first kappa shape index (κ1) is 19.6. The summed E-state index contributed by atoms with van der Waals surface area (Å²) in [7, 11) is 1.27. The fourth-order valence-corrected chi connectivity index (χ4v) is 3.45. The Kier molecular flexibility index (Phi) is 5.46. The molecular weight excluding hydrogens is 400 g/mol. The second kappa shape index (κ2) is 8.35. The zero-order valence-electron chi connectivity index (χ0n) is 16.1. The third kappa shape index (κ3) is 3.88. The van der Waals surface area contributed by atoms with Crippen LogP contribution in [0.3, 0.4) is 0 Å². The zero-order valence-corrected chi connectivity index (χ0v) is 16.8. The number of aromatic nitrogens is 1. The Labute approximate surface area is 178 Å². The maximum Gasteiger partial charge on any atom is 0.340 e. The predicted octanol–water partition coefficient (Wildman–Crippen LogP) is 5.59. The molecule has 0 aliphatic heterocycles. The SMILES string of the molecule is COC(=O)c1cc(Cl)ccc1NC(=O)c1cccc(-c2cncc3ccccc23)c1. The minimum atomic E-state index is -0.580. The Hall–Kier alpha value is -3.70. The molecule has 1 aromatic heterocycles. The molecule has 6 heteroatoms. The van der Waals surface area contributed by atoms with Crippen molar-refractivity contribution in [1.82, 2.24) is 4.98 Å². The lowest BCUT2D eigenvalue weighted by atomic mass is 9.99. The summed E-state index contributed by atoms with van der Waals surface area (Å²) < 4.78 is 4.78. The van der Waals surface area contributed by atoms with Crippen LogP contribution in [0, 0.1) is 0 Å². The van der Waals surface area contributed by atoms with Crippen molar-refractivity contribution in [2.75, 3.05) is 12.4 Å². The van der Waals surface area contributed by atoms with Gasteiger partial charge in [-0.1, -0.05) is 48.0 Å². The van der Waals surface area contributed by atoms with Crippen LogP contribution < -0.4 is 5.32 Å². The van der Waals surface area contributed by atoms with Gasteiger partial charge in [0.1, 0.15) is 0 Å². The van der Waals surface area contributed by atoms with E-state index >= 15 is 0 Å². The van der Waals surface area contributed by atoms with Gasteiger partial charge in [-0.05, 0) is 41.3 Å². The van der Waals surface area contributed by atoms with E-state index in [1.54, 1.807) is 30.5 Å².